The molecule has 0 aliphatic rings. The van der Waals surface area contributed by atoms with Gasteiger partial charge >= 0.3 is 0 Å². The highest BCUT2D eigenvalue weighted by Gasteiger charge is 2.13. The second-order valence-corrected chi connectivity index (χ2v) is 6.67. The van der Waals surface area contributed by atoms with Gasteiger partial charge in [-0.05, 0) is 19.1 Å². The molecule has 0 radical (unpaired) electrons. The monoisotopic (exact) mass is 290 g/mol. The van der Waals surface area contributed by atoms with Gasteiger partial charge in [0.2, 0.25) is 0 Å². The van der Waals surface area contributed by atoms with Crippen molar-refractivity contribution in [2.75, 3.05) is 6.26 Å². The van der Waals surface area contributed by atoms with Crippen LogP contribution in [0.1, 0.15) is 17.3 Å². The summed E-state index contributed by atoms with van der Waals surface area (Å²) in [5.41, 5.74) is 0.506. The number of alkyl halides is 1. The van der Waals surface area contributed by atoms with E-state index in [1.807, 2.05) is 0 Å². The Balaban J connectivity index is 3.06. The third-order valence-electron chi connectivity index (χ3n) is 1.93. The van der Waals surface area contributed by atoms with Crippen molar-refractivity contribution >= 4 is 31.6 Å². The molecule has 5 heteroatoms. The molecule has 0 heterocycles. The number of ketones is 1. The Morgan fingerprint density at radius 3 is 2.07 bits per heavy atom. The van der Waals surface area contributed by atoms with Crippen molar-refractivity contribution in [2.45, 2.75) is 16.6 Å². The van der Waals surface area contributed by atoms with Gasteiger partial charge in [0, 0.05) is 11.8 Å². The van der Waals surface area contributed by atoms with Crippen LogP contribution in [0.4, 0.5) is 0 Å². The number of Topliss-reactive ketones (excluding diaryl/α,β-unsaturated/α-hetero) is 1. The zero-order chi connectivity index (χ0) is 11.6. The lowest BCUT2D eigenvalue weighted by Gasteiger charge is -2.03. The van der Waals surface area contributed by atoms with Crippen LogP contribution in [-0.4, -0.2) is 25.3 Å². The van der Waals surface area contributed by atoms with Gasteiger partial charge in [-0.25, -0.2) is 8.42 Å². The highest BCUT2D eigenvalue weighted by atomic mass is 79.9. The van der Waals surface area contributed by atoms with Gasteiger partial charge in [-0.2, -0.15) is 0 Å². The highest BCUT2D eigenvalue weighted by molar-refractivity contribution is 9.10. The molecule has 1 unspecified atom stereocenters. The van der Waals surface area contributed by atoms with Crippen molar-refractivity contribution in [1.29, 1.82) is 0 Å². The number of halogens is 1. The molecule has 0 amide bonds. The Kier molecular flexibility index (Phi) is 3.67. The molecule has 1 atom stereocenters. The fraction of sp³-hybridized carbons (Fsp3) is 0.300. The van der Waals surface area contributed by atoms with Gasteiger partial charge in [-0.1, -0.05) is 28.1 Å². The highest BCUT2D eigenvalue weighted by Crippen LogP contribution is 2.14. The summed E-state index contributed by atoms with van der Waals surface area (Å²) < 4.78 is 22.3. The van der Waals surface area contributed by atoms with Crippen molar-refractivity contribution in [1.82, 2.24) is 0 Å². The maximum atomic E-state index is 11.5. The molecular formula is C10H11BrO3S. The van der Waals surface area contributed by atoms with Crippen LogP contribution in [0.3, 0.4) is 0 Å². The van der Waals surface area contributed by atoms with E-state index in [-0.39, 0.29) is 15.5 Å². The van der Waals surface area contributed by atoms with Gasteiger partial charge in [0.05, 0.1) is 9.72 Å². The quantitative estimate of drug-likeness (QED) is 0.632. The summed E-state index contributed by atoms with van der Waals surface area (Å²) in [5, 5.41) is 0. The van der Waals surface area contributed by atoms with E-state index in [9.17, 15) is 13.2 Å². The van der Waals surface area contributed by atoms with E-state index in [0.29, 0.717) is 5.56 Å². The Morgan fingerprint density at radius 1 is 1.27 bits per heavy atom. The number of sulfone groups is 1. The first-order valence-corrected chi connectivity index (χ1v) is 7.11. The minimum absolute atomic E-state index is 0.0601. The first kappa shape index (κ1) is 12.4. The molecular weight excluding hydrogens is 280 g/mol. The van der Waals surface area contributed by atoms with Gasteiger partial charge < -0.3 is 0 Å². The van der Waals surface area contributed by atoms with Gasteiger partial charge in [-0.3, -0.25) is 4.79 Å². The maximum absolute atomic E-state index is 11.5. The van der Waals surface area contributed by atoms with Gasteiger partial charge in [0.15, 0.2) is 15.6 Å². The van der Waals surface area contributed by atoms with E-state index in [2.05, 4.69) is 15.9 Å². The van der Waals surface area contributed by atoms with Crippen LogP contribution in [0.25, 0.3) is 0 Å². The van der Waals surface area contributed by atoms with Crippen LogP contribution >= 0.6 is 15.9 Å². The van der Waals surface area contributed by atoms with Crippen LogP contribution in [0.2, 0.25) is 0 Å². The van der Waals surface area contributed by atoms with Crippen molar-refractivity contribution in [3.05, 3.63) is 29.8 Å². The van der Waals surface area contributed by atoms with Crippen LogP contribution in [0.5, 0.6) is 0 Å². The van der Waals surface area contributed by atoms with Crippen LogP contribution in [0, 0.1) is 0 Å². The summed E-state index contributed by atoms with van der Waals surface area (Å²) in [6.45, 7) is 1.73. The number of hydrogen-bond donors (Lipinski definition) is 0. The summed E-state index contributed by atoms with van der Waals surface area (Å²) in [4.78, 5) is 11.5. The van der Waals surface area contributed by atoms with Crippen molar-refractivity contribution in [2.24, 2.45) is 0 Å². The molecule has 1 aromatic carbocycles. The third-order valence-corrected chi connectivity index (χ3v) is 3.47. The lowest BCUT2D eigenvalue weighted by atomic mass is 10.1. The SMILES string of the molecule is CC(Br)C(=O)c1ccc(S(C)(=O)=O)cc1. The number of carbonyl (C=O) groups is 1. The second kappa shape index (κ2) is 4.45. The molecule has 82 valence electrons. The predicted molar refractivity (Wildman–Crippen MR) is 62.3 cm³/mol. The predicted octanol–water partition coefficient (Wildman–Crippen LogP) is 2.06. The number of carbonyl (C=O) groups excluding carboxylic acids is 1. The lowest BCUT2D eigenvalue weighted by Crippen LogP contribution is -2.10. The Bertz CT molecular complexity index is 460. The average molecular weight is 291 g/mol. The molecule has 0 saturated heterocycles. The van der Waals surface area contributed by atoms with E-state index in [1.54, 1.807) is 6.92 Å². The fourth-order valence-electron chi connectivity index (χ4n) is 1.10. The molecule has 0 N–H and O–H groups in total. The summed E-state index contributed by atoms with van der Waals surface area (Å²) in [5.74, 6) is -0.0601. The molecule has 1 aromatic rings. The molecule has 0 spiro atoms. The maximum Gasteiger partial charge on any atom is 0.176 e. The van der Waals surface area contributed by atoms with Gasteiger partial charge in [-0.15, -0.1) is 0 Å². The molecule has 15 heavy (non-hydrogen) atoms. The zero-order valence-corrected chi connectivity index (χ0v) is 10.8. The minimum Gasteiger partial charge on any atom is -0.293 e. The summed E-state index contributed by atoms with van der Waals surface area (Å²) in [7, 11) is -3.19. The van der Waals surface area contributed by atoms with Crippen LogP contribution in [0.15, 0.2) is 29.2 Å². The van der Waals surface area contributed by atoms with E-state index < -0.39 is 9.84 Å². The van der Waals surface area contributed by atoms with E-state index in [1.165, 1.54) is 24.3 Å². The first-order valence-electron chi connectivity index (χ1n) is 4.31. The van der Waals surface area contributed by atoms with Crippen LogP contribution < -0.4 is 0 Å². The van der Waals surface area contributed by atoms with E-state index in [0.717, 1.165) is 6.26 Å². The standard InChI is InChI=1S/C10H11BrO3S/c1-7(11)10(12)8-3-5-9(6-4-8)15(2,13)14/h3-7H,1-2H3. The molecule has 0 aliphatic heterocycles. The summed E-state index contributed by atoms with van der Waals surface area (Å²) >= 11 is 3.17. The fourth-order valence-corrected chi connectivity index (χ4v) is 1.99. The molecule has 0 saturated carbocycles. The minimum atomic E-state index is -3.19. The Hall–Kier alpha value is -0.680. The average Bonchev–Trinajstić information content (AvgIpc) is 2.15. The number of rotatable bonds is 3. The van der Waals surface area contributed by atoms with Crippen molar-refractivity contribution in [3.63, 3.8) is 0 Å². The Labute approximate surface area is 97.5 Å². The molecule has 0 bridgehead atoms. The topological polar surface area (TPSA) is 51.2 Å². The normalized spacial score (nSPS) is 13.5. The van der Waals surface area contributed by atoms with E-state index in [4.69, 9.17) is 0 Å². The van der Waals surface area contributed by atoms with E-state index >= 15 is 0 Å². The Morgan fingerprint density at radius 2 is 1.73 bits per heavy atom. The molecule has 0 fully saturated rings. The smallest absolute Gasteiger partial charge is 0.176 e. The molecule has 1 rings (SSSR count). The third kappa shape index (κ3) is 3.14. The number of hydrogen-bond acceptors (Lipinski definition) is 3. The van der Waals surface area contributed by atoms with Crippen LogP contribution in [-0.2, 0) is 9.84 Å². The first-order chi connectivity index (χ1) is 6.82. The molecule has 0 aromatic heterocycles. The summed E-state index contributed by atoms with van der Waals surface area (Å²) in [6.07, 6.45) is 1.14. The van der Waals surface area contributed by atoms with Gasteiger partial charge in [0.1, 0.15) is 0 Å². The van der Waals surface area contributed by atoms with Gasteiger partial charge in [0.25, 0.3) is 0 Å². The largest absolute Gasteiger partial charge is 0.293 e. The lowest BCUT2D eigenvalue weighted by molar-refractivity contribution is 0.0996. The van der Waals surface area contributed by atoms with Crippen molar-refractivity contribution < 1.29 is 13.2 Å². The zero-order valence-electron chi connectivity index (χ0n) is 8.40. The summed E-state index contributed by atoms with van der Waals surface area (Å²) in [6, 6.07) is 5.93. The molecule has 0 aliphatic carbocycles. The number of benzene rings is 1. The van der Waals surface area contributed by atoms with Crippen molar-refractivity contribution in [3.8, 4) is 0 Å². The second-order valence-electron chi connectivity index (χ2n) is 3.28. The molecule has 3 nitrogen and oxygen atoms in total.